The molecule has 2 heterocycles. The van der Waals surface area contributed by atoms with E-state index in [1.54, 1.807) is 18.5 Å². The van der Waals surface area contributed by atoms with Crippen molar-refractivity contribution >= 4 is 28.6 Å². The van der Waals surface area contributed by atoms with Crippen molar-refractivity contribution in [1.29, 1.82) is 0 Å². The zero-order valence-electron chi connectivity index (χ0n) is 15.3. The van der Waals surface area contributed by atoms with E-state index < -0.39 is 0 Å². The van der Waals surface area contributed by atoms with Crippen molar-refractivity contribution < 1.29 is 4.39 Å². The molecule has 0 bridgehead atoms. The number of aromatic nitrogens is 4. The lowest BCUT2D eigenvalue weighted by molar-refractivity contribution is 0.402. The van der Waals surface area contributed by atoms with Crippen LogP contribution < -0.4 is 16.4 Å². The van der Waals surface area contributed by atoms with Gasteiger partial charge in [-0.15, -0.1) is 0 Å². The van der Waals surface area contributed by atoms with E-state index >= 15 is 0 Å². The highest BCUT2D eigenvalue weighted by Crippen LogP contribution is 2.26. The molecule has 1 saturated carbocycles. The molecule has 0 spiro atoms. The van der Waals surface area contributed by atoms with Gasteiger partial charge in [0.1, 0.15) is 5.82 Å². The maximum absolute atomic E-state index is 13.2. The van der Waals surface area contributed by atoms with E-state index in [1.165, 1.54) is 18.6 Å². The first-order valence-electron chi connectivity index (χ1n) is 9.41. The van der Waals surface area contributed by atoms with Gasteiger partial charge in [0.05, 0.1) is 6.33 Å². The average molecular weight is 369 g/mol. The summed E-state index contributed by atoms with van der Waals surface area (Å²) in [7, 11) is 0. The number of nitrogens with zero attached hydrogens (tertiary/aromatic N) is 4. The SMILES string of the molecule is CCn1cnc2c(Nc3ccc(F)cc3)nc(NC3CCCCC3N)nc21. The second kappa shape index (κ2) is 7.48. The van der Waals surface area contributed by atoms with E-state index in [0.717, 1.165) is 37.1 Å². The van der Waals surface area contributed by atoms with E-state index in [9.17, 15) is 4.39 Å². The number of anilines is 3. The Morgan fingerprint density at radius 1 is 1.19 bits per heavy atom. The van der Waals surface area contributed by atoms with Gasteiger partial charge in [0, 0.05) is 24.3 Å². The molecular weight excluding hydrogens is 345 g/mol. The van der Waals surface area contributed by atoms with Crippen LogP contribution in [0.15, 0.2) is 30.6 Å². The van der Waals surface area contributed by atoms with Crippen LogP contribution >= 0.6 is 0 Å². The Bertz CT molecular complexity index is 922. The smallest absolute Gasteiger partial charge is 0.227 e. The van der Waals surface area contributed by atoms with Gasteiger partial charge >= 0.3 is 0 Å². The molecule has 0 aliphatic heterocycles. The van der Waals surface area contributed by atoms with Crippen LogP contribution in [-0.2, 0) is 6.54 Å². The molecule has 8 heteroatoms. The number of fused-ring (bicyclic) bond motifs is 1. The van der Waals surface area contributed by atoms with Gasteiger partial charge in [0.2, 0.25) is 5.95 Å². The second-order valence-electron chi connectivity index (χ2n) is 6.93. The van der Waals surface area contributed by atoms with Crippen molar-refractivity contribution in [2.75, 3.05) is 10.6 Å². The van der Waals surface area contributed by atoms with Crippen molar-refractivity contribution in [3.63, 3.8) is 0 Å². The lowest BCUT2D eigenvalue weighted by Gasteiger charge is -2.29. The van der Waals surface area contributed by atoms with Crippen molar-refractivity contribution in [1.82, 2.24) is 19.5 Å². The van der Waals surface area contributed by atoms with Crippen LogP contribution in [0.3, 0.4) is 0 Å². The Hall–Kier alpha value is -2.74. The maximum atomic E-state index is 13.2. The highest BCUT2D eigenvalue weighted by Gasteiger charge is 2.23. The highest BCUT2D eigenvalue weighted by molar-refractivity contribution is 5.86. The molecule has 4 rings (SSSR count). The third-order valence-electron chi connectivity index (χ3n) is 5.05. The highest BCUT2D eigenvalue weighted by atomic mass is 19.1. The largest absolute Gasteiger partial charge is 0.350 e. The molecule has 2 atom stereocenters. The average Bonchev–Trinajstić information content (AvgIpc) is 3.09. The summed E-state index contributed by atoms with van der Waals surface area (Å²) in [6.07, 6.45) is 6.09. The van der Waals surface area contributed by atoms with Crippen LogP contribution in [0.25, 0.3) is 11.2 Å². The second-order valence-corrected chi connectivity index (χ2v) is 6.93. The number of rotatable bonds is 5. The quantitative estimate of drug-likeness (QED) is 0.638. The number of nitrogens with one attached hydrogen (secondary N) is 2. The third-order valence-corrected chi connectivity index (χ3v) is 5.05. The fraction of sp³-hybridized carbons (Fsp3) is 0.421. The summed E-state index contributed by atoms with van der Waals surface area (Å²) in [6, 6.07) is 6.42. The number of hydrogen-bond acceptors (Lipinski definition) is 6. The molecule has 7 nitrogen and oxygen atoms in total. The summed E-state index contributed by atoms with van der Waals surface area (Å²) in [5, 5.41) is 6.65. The van der Waals surface area contributed by atoms with Gasteiger partial charge < -0.3 is 20.9 Å². The first-order chi connectivity index (χ1) is 13.1. The maximum Gasteiger partial charge on any atom is 0.227 e. The predicted molar refractivity (Wildman–Crippen MR) is 105 cm³/mol. The monoisotopic (exact) mass is 369 g/mol. The fourth-order valence-electron chi connectivity index (χ4n) is 3.50. The topological polar surface area (TPSA) is 93.7 Å². The molecule has 142 valence electrons. The summed E-state index contributed by atoms with van der Waals surface area (Å²) in [4.78, 5) is 13.8. The lowest BCUT2D eigenvalue weighted by atomic mass is 9.91. The van der Waals surface area contributed by atoms with E-state index in [4.69, 9.17) is 5.73 Å². The number of hydrogen-bond donors (Lipinski definition) is 3. The Labute approximate surface area is 157 Å². The van der Waals surface area contributed by atoms with Crippen molar-refractivity contribution in [2.45, 2.75) is 51.2 Å². The lowest BCUT2D eigenvalue weighted by Crippen LogP contribution is -2.43. The van der Waals surface area contributed by atoms with Gasteiger partial charge in [-0.1, -0.05) is 12.8 Å². The molecule has 1 aromatic carbocycles. The van der Waals surface area contributed by atoms with E-state index in [1.807, 2.05) is 11.5 Å². The van der Waals surface area contributed by atoms with Crippen molar-refractivity contribution in [3.8, 4) is 0 Å². The number of nitrogens with two attached hydrogens (primary N) is 1. The van der Waals surface area contributed by atoms with Crippen LogP contribution in [0.5, 0.6) is 0 Å². The minimum atomic E-state index is -0.280. The van der Waals surface area contributed by atoms with Crippen LogP contribution in [0, 0.1) is 5.82 Å². The molecule has 1 fully saturated rings. The first-order valence-corrected chi connectivity index (χ1v) is 9.41. The Kier molecular flexibility index (Phi) is 4.89. The molecule has 2 unspecified atom stereocenters. The fourth-order valence-corrected chi connectivity index (χ4v) is 3.50. The van der Waals surface area contributed by atoms with Gasteiger partial charge in [-0.2, -0.15) is 9.97 Å². The molecule has 27 heavy (non-hydrogen) atoms. The van der Waals surface area contributed by atoms with E-state index in [-0.39, 0.29) is 17.9 Å². The van der Waals surface area contributed by atoms with E-state index in [0.29, 0.717) is 17.3 Å². The minimum absolute atomic E-state index is 0.0997. The van der Waals surface area contributed by atoms with Gasteiger partial charge in [-0.3, -0.25) is 0 Å². The van der Waals surface area contributed by atoms with Crippen molar-refractivity contribution in [2.24, 2.45) is 5.73 Å². The molecule has 3 aromatic rings. The Morgan fingerprint density at radius 2 is 1.96 bits per heavy atom. The summed E-state index contributed by atoms with van der Waals surface area (Å²) in [6.45, 7) is 2.80. The predicted octanol–water partition coefficient (Wildman–Crippen LogP) is 3.41. The zero-order valence-corrected chi connectivity index (χ0v) is 15.3. The zero-order chi connectivity index (χ0) is 18.8. The third kappa shape index (κ3) is 3.71. The molecule has 2 aromatic heterocycles. The summed E-state index contributed by atoms with van der Waals surface area (Å²) >= 11 is 0. The Morgan fingerprint density at radius 3 is 2.70 bits per heavy atom. The van der Waals surface area contributed by atoms with Gasteiger partial charge in [-0.25, -0.2) is 9.37 Å². The van der Waals surface area contributed by atoms with Crippen LogP contribution in [0.1, 0.15) is 32.6 Å². The standard InChI is InChI=1S/C19H24FN7/c1-2-27-11-22-16-17(23-13-9-7-12(20)8-10-13)25-19(26-18(16)27)24-15-6-4-3-5-14(15)21/h7-11,14-15H,2-6,21H2,1H3,(H2,23,24,25,26). The molecule has 0 amide bonds. The first kappa shape index (κ1) is 17.7. The van der Waals surface area contributed by atoms with Crippen molar-refractivity contribution in [3.05, 3.63) is 36.4 Å². The molecule has 1 aliphatic rings. The Balaban J connectivity index is 1.70. The van der Waals surface area contributed by atoms with Crippen LogP contribution in [0.4, 0.5) is 21.8 Å². The molecule has 0 radical (unpaired) electrons. The van der Waals surface area contributed by atoms with Crippen LogP contribution in [0.2, 0.25) is 0 Å². The molecular formula is C19H24FN7. The van der Waals surface area contributed by atoms with Crippen LogP contribution in [-0.4, -0.2) is 31.6 Å². The minimum Gasteiger partial charge on any atom is -0.350 e. The normalized spacial score (nSPS) is 20.0. The summed E-state index contributed by atoms with van der Waals surface area (Å²) in [5.74, 6) is 0.840. The van der Waals surface area contributed by atoms with Gasteiger partial charge in [0.25, 0.3) is 0 Å². The van der Waals surface area contributed by atoms with Gasteiger partial charge in [-0.05, 0) is 44.0 Å². The number of benzene rings is 1. The number of imidazole rings is 1. The van der Waals surface area contributed by atoms with Gasteiger partial charge in [0.15, 0.2) is 17.0 Å². The summed E-state index contributed by atoms with van der Waals surface area (Å²) in [5.41, 5.74) is 8.44. The summed E-state index contributed by atoms with van der Waals surface area (Å²) < 4.78 is 15.2. The molecule has 1 aliphatic carbocycles. The number of halogens is 1. The molecule has 0 saturated heterocycles. The molecule has 4 N–H and O–H groups in total. The number of aryl methyl sites for hydroxylation is 1. The van der Waals surface area contributed by atoms with E-state index in [2.05, 4.69) is 25.6 Å².